The van der Waals surface area contributed by atoms with E-state index in [-0.39, 0.29) is 5.78 Å². The van der Waals surface area contributed by atoms with Crippen molar-refractivity contribution in [3.05, 3.63) is 45.8 Å². The third kappa shape index (κ3) is 1.96. The molecule has 1 aliphatic heterocycles. The van der Waals surface area contributed by atoms with Crippen molar-refractivity contribution in [2.75, 3.05) is 14.2 Å². The fourth-order valence-electron chi connectivity index (χ4n) is 2.07. The SMILES string of the molecule is COc1ccc2c(c1OC)O/C(=C/c1cccs1)C2=O. The highest BCUT2D eigenvalue weighted by atomic mass is 32.1. The van der Waals surface area contributed by atoms with Gasteiger partial charge < -0.3 is 14.2 Å². The molecule has 0 saturated carbocycles. The van der Waals surface area contributed by atoms with Crippen LogP contribution in [-0.4, -0.2) is 20.0 Å². The Kier molecular flexibility index (Phi) is 3.20. The Labute approximate surface area is 120 Å². The number of benzene rings is 1. The van der Waals surface area contributed by atoms with E-state index in [0.29, 0.717) is 28.6 Å². The molecule has 0 spiro atoms. The molecule has 102 valence electrons. The van der Waals surface area contributed by atoms with Crippen molar-refractivity contribution in [1.82, 2.24) is 0 Å². The van der Waals surface area contributed by atoms with E-state index in [1.54, 1.807) is 36.7 Å². The zero-order valence-electron chi connectivity index (χ0n) is 11.0. The lowest BCUT2D eigenvalue weighted by atomic mass is 10.1. The highest BCUT2D eigenvalue weighted by Gasteiger charge is 2.32. The molecule has 0 bridgehead atoms. The van der Waals surface area contributed by atoms with Crippen molar-refractivity contribution in [3.8, 4) is 17.2 Å². The van der Waals surface area contributed by atoms with E-state index in [1.165, 1.54) is 7.11 Å². The summed E-state index contributed by atoms with van der Waals surface area (Å²) in [5.41, 5.74) is 0.491. The van der Waals surface area contributed by atoms with Gasteiger partial charge in [-0.2, -0.15) is 0 Å². The van der Waals surface area contributed by atoms with Crippen molar-refractivity contribution in [2.24, 2.45) is 0 Å². The fraction of sp³-hybridized carbons (Fsp3) is 0.133. The van der Waals surface area contributed by atoms with Crippen molar-refractivity contribution < 1.29 is 19.0 Å². The van der Waals surface area contributed by atoms with Crippen LogP contribution in [0, 0.1) is 0 Å². The van der Waals surface area contributed by atoms with Crippen molar-refractivity contribution in [2.45, 2.75) is 0 Å². The molecule has 20 heavy (non-hydrogen) atoms. The van der Waals surface area contributed by atoms with Crippen molar-refractivity contribution in [1.29, 1.82) is 0 Å². The maximum Gasteiger partial charge on any atom is 0.232 e. The van der Waals surface area contributed by atoms with E-state index in [2.05, 4.69) is 0 Å². The molecule has 1 aromatic heterocycles. The zero-order valence-corrected chi connectivity index (χ0v) is 11.8. The predicted octanol–water partition coefficient (Wildman–Crippen LogP) is 3.38. The lowest BCUT2D eigenvalue weighted by molar-refractivity contribution is 0.101. The molecule has 2 aromatic rings. The summed E-state index contributed by atoms with van der Waals surface area (Å²) < 4.78 is 16.2. The molecule has 3 rings (SSSR count). The summed E-state index contributed by atoms with van der Waals surface area (Å²) >= 11 is 1.54. The number of hydrogen-bond acceptors (Lipinski definition) is 5. The molecule has 0 aliphatic carbocycles. The highest BCUT2D eigenvalue weighted by molar-refractivity contribution is 7.10. The molecule has 0 fully saturated rings. The standard InChI is InChI=1S/C15H12O4S/c1-17-11-6-5-10-13(16)12(8-9-4-3-7-20-9)19-14(10)15(11)18-2/h3-8H,1-2H3/b12-8+. The first-order valence-corrected chi connectivity index (χ1v) is 6.85. The molecular weight excluding hydrogens is 276 g/mol. The first kappa shape index (κ1) is 12.7. The molecule has 0 amide bonds. The number of carbonyl (C=O) groups is 1. The second kappa shape index (κ2) is 5.02. The van der Waals surface area contributed by atoms with Gasteiger partial charge in [0.05, 0.1) is 19.8 Å². The van der Waals surface area contributed by atoms with Gasteiger partial charge in [0.15, 0.2) is 17.3 Å². The van der Waals surface area contributed by atoms with Crippen molar-refractivity contribution >= 4 is 23.2 Å². The molecule has 1 aliphatic rings. The summed E-state index contributed by atoms with van der Waals surface area (Å²) in [4.78, 5) is 13.3. The smallest absolute Gasteiger partial charge is 0.232 e. The Morgan fingerprint density at radius 1 is 1.20 bits per heavy atom. The minimum Gasteiger partial charge on any atom is -0.493 e. The van der Waals surface area contributed by atoms with Gasteiger partial charge in [-0.3, -0.25) is 4.79 Å². The minimum absolute atomic E-state index is 0.144. The highest BCUT2D eigenvalue weighted by Crippen LogP contribution is 2.45. The normalized spacial score (nSPS) is 15.1. The number of carbonyl (C=O) groups excluding carboxylic acids is 1. The molecule has 1 aromatic carbocycles. The van der Waals surface area contributed by atoms with Crippen LogP contribution in [0.1, 0.15) is 15.2 Å². The molecule has 0 saturated heterocycles. The molecule has 5 heteroatoms. The number of hydrogen-bond donors (Lipinski definition) is 0. The summed E-state index contributed by atoms with van der Waals surface area (Å²) in [7, 11) is 3.07. The molecule has 2 heterocycles. The summed E-state index contributed by atoms with van der Waals surface area (Å²) in [6.45, 7) is 0. The van der Waals surface area contributed by atoms with E-state index in [9.17, 15) is 4.79 Å². The molecule has 0 radical (unpaired) electrons. The number of Topliss-reactive ketones (excluding diaryl/α,β-unsaturated/α-hetero) is 1. The van der Waals surface area contributed by atoms with E-state index >= 15 is 0 Å². The quantitative estimate of drug-likeness (QED) is 0.812. The average molecular weight is 288 g/mol. The molecule has 0 unspecified atom stereocenters. The van der Waals surface area contributed by atoms with Crippen LogP contribution in [0.5, 0.6) is 17.2 Å². The molecule has 0 atom stereocenters. The maximum atomic E-state index is 12.3. The Morgan fingerprint density at radius 3 is 2.70 bits per heavy atom. The van der Waals surface area contributed by atoms with Gasteiger partial charge in [0, 0.05) is 11.0 Å². The lowest BCUT2D eigenvalue weighted by Crippen LogP contribution is -1.97. The second-order valence-corrected chi connectivity index (χ2v) is 5.11. The number of ketones is 1. The molecular formula is C15H12O4S. The number of methoxy groups -OCH3 is 2. The molecule has 4 nitrogen and oxygen atoms in total. The summed E-state index contributed by atoms with van der Waals surface area (Å²) in [6.07, 6.45) is 1.74. The summed E-state index contributed by atoms with van der Waals surface area (Å²) in [5.74, 6) is 1.55. The second-order valence-electron chi connectivity index (χ2n) is 4.13. The van der Waals surface area contributed by atoms with E-state index < -0.39 is 0 Å². The minimum atomic E-state index is -0.144. The predicted molar refractivity (Wildman–Crippen MR) is 76.8 cm³/mol. The van der Waals surface area contributed by atoms with Gasteiger partial charge in [-0.05, 0) is 23.6 Å². The van der Waals surface area contributed by atoms with E-state index in [1.807, 2.05) is 17.5 Å². The number of rotatable bonds is 3. The summed E-state index contributed by atoms with van der Waals surface area (Å²) in [5, 5.41) is 1.95. The van der Waals surface area contributed by atoms with Gasteiger partial charge in [0.1, 0.15) is 0 Å². The Balaban J connectivity index is 2.06. The largest absolute Gasteiger partial charge is 0.493 e. The Bertz CT molecular complexity index is 686. The third-order valence-corrected chi connectivity index (χ3v) is 3.82. The maximum absolute atomic E-state index is 12.3. The first-order chi connectivity index (χ1) is 9.74. The van der Waals surface area contributed by atoms with E-state index in [0.717, 1.165) is 4.88 Å². The summed E-state index contributed by atoms with van der Waals surface area (Å²) in [6, 6.07) is 7.24. The number of thiophene rings is 1. The number of allylic oxidation sites excluding steroid dienone is 1. The zero-order chi connectivity index (χ0) is 14.1. The van der Waals surface area contributed by atoms with Gasteiger partial charge in [-0.15, -0.1) is 11.3 Å². The van der Waals surface area contributed by atoms with Crippen LogP contribution >= 0.6 is 11.3 Å². The van der Waals surface area contributed by atoms with Crippen LogP contribution in [0.3, 0.4) is 0 Å². The van der Waals surface area contributed by atoms with Gasteiger partial charge in [0.25, 0.3) is 0 Å². The van der Waals surface area contributed by atoms with Crippen LogP contribution in [-0.2, 0) is 0 Å². The average Bonchev–Trinajstić information content (AvgIpc) is 3.07. The van der Waals surface area contributed by atoms with Crippen LogP contribution in [0.2, 0.25) is 0 Å². The van der Waals surface area contributed by atoms with Crippen LogP contribution in [0.15, 0.2) is 35.4 Å². The third-order valence-electron chi connectivity index (χ3n) is 3.00. The Morgan fingerprint density at radius 2 is 2.05 bits per heavy atom. The van der Waals surface area contributed by atoms with Crippen LogP contribution < -0.4 is 14.2 Å². The Hall–Kier alpha value is -2.27. The van der Waals surface area contributed by atoms with Crippen LogP contribution in [0.4, 0.5) is 0 Å². The van der Waals surface area contributed by atoms with Gasteiger partial charge >= 0.3 is 0 Å². The number of fused-ring (bicyclic) bond motifs is 1. The lowest BCUT2D eigenvalue weighted by Gasteiger charge is -2.10. The van der Waals surface area contributed by atoms with Gasteiger partial charge in [0.2, 0.25) is 11.5 Å². The first-order valence-electron chi connectivity index (χ1n) is 5.97. The van der Waals surface area contributed by atoms with E-state index in [4.69, 9.17) is 14.2 Å². The fourth-order valence-corrected chi connectivity index (χ4v) is 2.71. The number of ether oxygens (including phenoxy) is 3. The van der Waals surface area contributed by atoms with Crippen LogP contribution in [0.25, 0.3) is 6.08 Å². The monoisotopic (exact) mass is 288 g/mol. The topological polar surface area (TPSA) is 44.8 Å². The van der Waals surface area contributed by atoms with Gasteiger partial charge in [-0.25, -0.2) is 0 Å². The molecule has 0 N–H and O–H groups in total. The van der Waals surface area contributed by atoms with Gasteiger partial charge in [-0.1, -0.05) is 6.07 Å². The van der Waals surface area contributed by atoms with Crippen molar-refractivity contribution in [3.63, 3.8) is 0 Å².